The number of carbonyl (C=O) groups is 2. The first kappa shape index (κ1) is 26.9. The van der Waals surface area contributed by atoms with E-state index in [2.05, 4.69) is 22.5 Å². The number of benzene rings is 2. The number of nitrogens with one attached hydrogen (secondary N) is 2. The molecule has 0 aromatic heterocycles. The maximum atomic E-state index is 13.8. The van der Waals surface area contributed by atoms with Gasteiger partial charge >= 0.3 is 12.1 Å². The SMILES string of the molecule is O=C(Cc1ccc(C#CC2=CC=[N+](C(=O)C3CC3)C2)cc1)Nc1ccc(CN2CCNCC2)c(C(F)(F)F)c1. The Morgan fingerprint density at radius 1 is 1.05 bits per heavy atom. The zero-order chi connectivity index (χ0) is 27.4. The lowest BCUT2D eigenvalue weighted by Crippen LogP contribution is -2.43. The summed E-state index contributed by atoms with van der Waals surface area (Å²) in [4.78, 5) is 26.7. The molecule has 6 nitrogen and oxygen atoms in total. The molecule has 2 aliphatic heterocycles. The third-order valence-electron chi connectivity index (χ3n) is 6.99. The van der Waals surface area contributed by atoms with Crippen molar-refractivity contribution in [3.05, 3.63) is 76.4 Å². The monoisotopic (exact) mass is 535 g/mol. The lowest BCUT2D eigenvalue weighted by atomic mass is 10.0. The average molecular weight is 536 g/mol. The lowest BCUT2D eigenvalue weighted by molar-refractivity contribution is -0.433. The number of carbonyl (C=O) groups excluding carboxylic acids is 2. The van der Waals surface area contributed by atoms with Crippen molar-refractivity contribution in [2.75, 3.05) is 38.0 Å². The molecule has 202 valence electrons. The zero-order valence-electron chi connectivity index (χ0n) is 21.5. The van der Waals surface area contributed by atoms with Gasteiger partial charge in [-0.25, -0.2) is 4.79 Å². The highest BCUT2D eigenvalue weighted by atomic mass is 19.4. The Labute approximate surface area is 225 Å². The fourth-order valence-corrected chi connectivity index (χ4v) is 4.68. The Morgan fingerprint density at radius 3 is 2.49 bits per heavy atom. The molecule has 0 bridgehead atoms. The minimum atomic E-state index is -4.52. The van der Waals surface area contributed by atoms with Crippen molar-refractivity contribution < 1.29 is 27.3 Å². The molecule has 9 heteroatoms. The lowest BCUT2D eigenvalue weighted by Gasteiger charge is -2.28. The van der Waals surface area contributed by atoms with E-state index in [9.17, 15) is 22.8 Å². The van der Waals surface area contributed by atoms with E-state index in [-0.39, 0.29) is 36.0 Å². The van der Waals surface area contributed by atoms with Gasteiger partial charge in [-0.3, -0.25) is 9.69 Å². The highest BCUT2D eigenvalue weighted by molar-refractivity contribution is 5.92. The van der Waals surface area contributed by atoms with Crippen LogP contribution in [-0.4, -0.2) is 60.2 Å². The maximum absolute atomic E-state index is 13.8. The molecule has 0 atom stereocenters. The highest BCUT2D eigenvalue weighted by Crippen LogP contribution is 2.34. The third kappa shape index (κ3) is 7.22. The van der Waals surface area contributed by atoms with Gasteiger partial charge in [0.1, 0.15) is 0 Å². The van der Waals surface area contributed by atoms with Crippen molar-refractivity contribution in [1.82, 2.24) is 10.2 Å². The Bertz CT molecular complexity index is 1370. The number of halogens is 3. The number of anilines is 1. The molecule has 1 saturated carbocycles. The van der Waals surface area contributed by atoms with Gasteiger partial charge in [-0.15, -0.1) is 0 Å². The first-order valence-electron chi connectivity index (χ1n) is 13.1. The van der Waals surface area contributed by atoms with Gasteiger partial charge in [0.25, 0.3) is 0 Å². The molecule has 1 saturated heterocycles. The minimum Gasteiger partial charge on any atom is -0.326 e. The van der Waals surface area contributed by atoms with E-state index in [1.165, 1.54) is 12.1 Å². The summed E-state index contributed by atoms with van der Waals surface area (Å²) in [5.41, 5.74) is 1.95. The first-order chi connectivity index (χ1) is 18.7. The Balaban J connectivity index is 1.16. The molecular formula is C30H30F3N4O2+. The van der Waals surface area contributed by atoms with Crippen LogP contribution in [0.1, 0.15) is 35.1 Å². The van der Waals surface area contributed by atoms with E-state index in [4.69, 9.17) is 0 Å². The van der Waals surface area contributed by atoms with Gasteiger partial charge in [0.2, 0.25) is 5.91 Å². The molecule has 3 aliphatic rings. The fourth-order valence-electron chi connectivity index (χ4n) is 4.68. The minimum absolute atomic E-state index is 0.0237. The molecule has 2 aromatic carbocycles. The number of allylic oxidation sites excluding steroid dienone is 1. The van der Waals surface area contributed by atoms with Crippen LogP contribution >= 0.6 is 0 Å². The summed E-state index contributed by atoms with van der Waals surface area (Å²) < 4.78 is 43.0. The topological polar surface area (TPSA) is 64.5 Å². The van der Waals surface area contributed by atoms with E-state index in [0.717, 1.165) is 48.7 Å². The molecule has 2 heterocycles. The van der Waals surface area contributed by atoms with Crippen LogP contribution in [0.15, 0.2) is 54.1 Å². The van der Waals surface area contributed by atoms with Crippen LogP contribution in [-0.2, 0) is 28.7 Å². The second-order valence-electron chi connectivity index (χ2n) is 10.1. The van der Waals surface area contributed by atoms with E-state index in [0.29, 0.717) is 19.6 Å². The summed E-state index contributed by atoms with van der Waals surface area (Å²) in [5, 5.41) is 5.80. The van der Waals surface area contributed by atoms with Gasteiger partial charge in [-0.05, 0) is 48.2 Å². The van der Waals surface area contributed by atoms with Crippen molar-refractivity contribution in [3.63, 3.8) is 0 Å². The van der Waals surface area contributed by atoms with Gasteiger partial charge in [0, 0.05) is 50.1 Å². The number of alkyl halides is 3. The Hall–Kier alpha value is -3.74. The Morgan fingerprint density at radius 2 is 1.79 bits per heavy atom. The van der Waals surface area contributed by atoms with E-state index in [1.54, 1.807) is 35.1 Å². The van der Waals surface area contributed by atoms with E-state index in [1.807, 2.05) is 11.0 Å². The van der Waals surface area contributed by atoms with Crippen LogP contribution in [0.25, 0.3) is 0 Å². The summed E-state index contributed by atoms with van der Waals surface area (Å²) in [6.07, 6.45) is 1.07. The van der Waals surface area contributed by atoms with E-state index < -0.39 is 17.6 Å². The van der Waals surface area contributed by atoms with E-state index >= 15 is 0 Å². The van der Waals surface area contributed by atoms with Crippen molar-refractivity contribution in [1.29, 1.82) is 0 Å². The van der Waals surface area contributed by atoms with Gasteiger partial charge < -0.3 is 10.6 Å². The summed E-state index contributed by atoms with van der Waals surface area (Å²) >= 11 is 0. The molecule has 0 spiro atoms. The maximum Gasteiger partial charge on any atom is 0.416 e. The Kier molecular flexibility index (Phi) is 7.96. The molecular weight excluding hydrogens is 505 g/mol. The average Bonchev–Trinajstić information content (AvgIpc) is 3.66. The molecule has 5 rings (SSSR count). The second-order valence-corrected chi connectivity index (χ2v) is 10.1. The second kappa shape index (κ2) is 11.6. The molecule has 39 heavy (non-hydrogen) atoms. The molecule has 0 unspecified atom stereocenters. The zero-order valence-corrected chi connectivity index (χ0v) is 21.5. The summed E-state index contributed by atoms with van der Waals surface area (Å²) in [6, 6.07) is 11.1. The van der Waals surface area contributed by atoms with Gasteiger partial charge in [-0.1, -0.05) is 30.0 Å². The summed E-state index contributed by atoms with van der Waals surface area (Å²) in [5.74, 6) is 6.09. The van der Waals surface area contributed by atoms with Gasteiger partial charge in [0.15, 0.2) is 12.8 Å². The van der Waals surface area contributed by atoms with Crippen LogP contribution in [0.5, 0.6) is 0 Å². The van der Waals surface area contributed by atoms with Crippen LogP contribution in [0.2, 0.25) is 0 Å². The predicted molar refractivity (Wildman–Crippen MR) is 142 cm³/mol. The number of nitrogens with zero attached hydrogens (tertiary/aromatic N) is 2. The normalized spacial score (nSPS) is 17.6. The van der Waals surface area contributed by atoms with Crippen molar-refractivity contribution in [2.24, 2.45) is 5.92 Å². The number of rotatable bonds is 6. The van der Waals surface area contributed by atoms with Crippen LogP contribution in [0.3, 0.4) is 0 Å². The van der Waals surface area contributed by atoms with Gasteiger partial charge in [0.05, 0.1) is 23.5 Å². The molecule has 2 N–H and O–H groups in total. The number of piperazine rings is 1. The molecule has 2 amide bonds. The van der Waals surface area contributed by atoms with Crippen LogP contribution < -0.4 is 10.6 Å². The standard InChI is InChI=1S/C30H29F3N4O2/c31-30(32,33)27-18-26(10-9-25(27)20-36-15-12-34-13-16-36)35-28(38)17-22-4-1-21(2-5-22)3-6-23-11-14-37(19-23)29(39)24-7-8-24/h1-2,4-5,9-11,14,18,24,34H,7-8,12-13,15-17,19-20H2/p+1. The summed E-state index contributed by atoms with van der Waals surface area (Å²) in [7, 11) is 0. The van der Waals surface area contributed by atoms with Crippen LogP contribution in [0.4, 0.5) is 18.9 Å². The molecule has 0 radical (unpaired) electrons. The molecule has 2 aromatic rings. The van der Waals surface area contributed by atoms with Crippen LogP contribution in [0, 0.1) is 17.8 Å². The van der Waals surface area contributed by atoms with Crippen molar-refractivity contribution in [3.8, 4) is 11.8 Å². The quantitative estimate of drug-likeness (QED) is 0.439. The first-order valence-corrected chi connectivity index (χ1v) is 13.1. The number of hydrogen-bond donors (Lipinski definition) is 2. The summed E-state index contributed by atoms with van der Waals surface area (Å²) in [6.45, 7) is 3.59. The highest BCUT2D eigenvalue weighted by Gasteiger charge is 2.39. The van der Waals surface area contributed by atoms with Crippen molar-refractivity contribution in [2.45, 2.75) is 32.0 Å². The number of hydrogen-bond acceptors (Lipinski definition) is 4. The predicted octanol–water partition coefficient (Wildman–Crippen LogP) is 3.60. The smallest absolute Gasteiger partial charge is 0.326 e. The molecule has 2 fully saturated rings. The third-order valence-corrected chi connectivity index (χ3v) is 6.99. The largest absolute Gasteiger partial charge is 0.416 e. The van der Waals surface area contributed by atoms with Crippen molar-refractivity contribution >= 4 is 23.7 Å². The molecule has 1 aliphatic carbocycles. The fraction of sp³-hybridized carbons (Fsp3) is 0.367. The number of amides is 2. The van der Waals surface area contributed by atoms with Gasteiger partial charge in [-0.2, -0.15) is 17.7 Å².